The van der Waals surface area contributed by atoms with E-state index in [4.69, 9.17) is 21.6 Å². The number of carboxylic acids is 1. The molecule has 1 aromatic carbocycles. The van der Waals surface area contributed by atoms with E-state index in [2.05, 4.69) is 5.32 Å². The lowest BCUT2D eigenvalue weighted by molar-refractivity contribution is 0.0695. The van der Waals surface area contributed by atoms with Gasteiger partial charge in [-0.25, -0.2) is 4.79 Å². The maximum absolute atomic E-state index is 12.6. The van der Waals surface area contributed by atoms with Crippen molar-refractivity contribution >= 4 is 34.2 Å². The summed E-state index contributed by atoms with van der Waals surface area (Å²) < 4.78 is 7.12. The maximum atomic E-state index is 12.6. The molecule has 0 spiro atoms. The minimum absolute atomic E-state index is 0.208. The normalized spacial score (nSPS) is 13.5. The first-order valence-corrected chi connectivity index (χ1v) is 8.71. The molecule has 1 aliphatic carbocycles. The molecule has 26 heavy (non-hydrogen) atoms. The summed E-state index contributed by atoms with van der Waals surface area (Å²) in [7, 11) is 0. The highest BCUT2D eigenvalue weighted by Crippen LogP contribution is 2.38. The fraction of sp³-hybridized carbons (Fsp3) is 0.389. The molecule has 0 saturated heterocycles. The van der Waals surface area contributed by atoms with Gasteiger partial charge in [-0.15, -0.1) is 0 Å². The number of ether oxygens (including phenoxy) is 1. The summed E-state index contributed by atoms with van der Waals surface area (Å²) in [4.78, 5) is 24.0. The smallest absolute Gasteiger partial charge is 0.341 e. The standard InChI is InChI=1S/C18H18ClN3O4/c19-14-9-16-12(8-15(14)21-5-7-26-6-1-4-20)17(23)13(18(24)25)10-22(16)11-2-3-11/h8-11,21H,1-3,5-7H2,(H,24,25). The van der Waals surface area contributed by atoms with Crippen molar-refractivity contribution in [1.29, 1.82) is 5.26 Å². The largest absolute Gasteiger partial charge is 0.477 e. The Labute approximate surface area is 154 Å². The van der Waals surface area contributed by atoms with Crippen molar-refractivity contribution in [2.75, 3.05) is 25.1 Å². The first kappa shape index (κ1) is 18.2. The Balaban J connectivity index is 1.91. The van der Waals surface area contributed by atoms with Crippen molar-refractivity contribution in [3.8, 4) is 6.07 Å². The van der Waals surface area contributed by atoms with Crippen molar-refractivity contribution < 1.29 is 14.6 Å². The molecule has 2 aromatic rings. The third-order valence-corrected chi connectivity index (χ3v) is 4.52. The molecule has 136 valence electrons. The Kier molecular flexibility index (Phi) is 5.45. The van der Waals surface area contributed by atoms with Crippen LogP contribution in [0.5, 0.6) is 0 Å². The number of benzene rings is 1. The molecule has 8 heteroatoms. The molecule has 0 amide bonds. The number of nitriles is 1. The molecule has 0 atom stereocenters. The van der Waals surface area contributed by atoms with Crippen molar-refractivity contribution in [3.63, 3.8) is 0 Å². The molecular weight excluding hydrogens is 358 g/mol. The second-order valence-electron chi connectivity index (χ2n) is 6.11. The molecule has 3 rings (SSSR count). The van der Waals surface area contributed by atoms with Crippen molar-refractivity contribution in [3.05, 3.63) is 39.1 Å². The number of fused-ring (bicyclic) bond motifs is 1. The van der Waals surface area contributed by atoms with E-state index in [-0.39, 0.29) is 11.6 Å². The Morgan fingerprint density at radius 2 is 2.19 bits per heavy atom. The fourth-order valence-electron chi connectivity index (χ4n) is 2.79. The third kappa shape index (κ3) is 3.82. The van der Waals surface area contributed by atoms with Crippen molar-refractivity contribution in [2.45, 2.75) is 25.3 Å². The van der Waals surface area contributed by atoms with E-state index >= 15 is 0 Å². The molecule has 0 unspecified atom stereocenters. The number of aromatic carboxylic acids is 1. The number of aromatic nitrogens is 1. The zero-order chi connectivity index (χ0) is 18.7. The minimum atomic E-state index is -1.23. The zero-order valence-corrected chi connectivity index (χ0v) is 14.8. The number of nitrogens with one attached hydrogen (secondary N) is 1. The third-order valence-electron chi connectivity index (χ3n) is 4.21. The van der Waals surface area contributed by atoms with Crippen LogP contribution in [-0.2, 0) is 4.74 Å². The van der Waals surface area contributed by atoms with E-state index in [1.807, 2.05) is 10.6 Å². The average molecular weight is 376 g/mol. The van der Waals surface area contributed by atoms with Crippen LogP contribution < -0.4 is 10.7 Å². The first-order chi connectivity index (χ1) is 12.5. The van der Waals surface area contributed by atoms with Crippen molar-refractivity contribution in [2.24, 2.45) is 0 Å². The second kappa shape index (κ2) is 7.77. The molecule has 0 bridgehead atoms. The zero-order valence-electron chi connectivity index (χ0n) is 14.0. The predicted octanol–water partition coefficient (Wildman–Crippen LogP) is 3.03. The van der Waals surface area contributed by atoms with Gasteiger partial charge in [-0.05, 0) is 25.0 Å². The summed E-state index contributed by atoms with van der Waals surface area (Å²) in [6, 6.07) is 5.50. The van der Waals surface area contributed by atoms with Gasteiger partial charge in [0, 0.05) is 24.2 Å². The lowest BCUT2D eigenvalue weighted by Crippen LogP contribution is -2.19. The van der Waals surface area contributed by atoms with Crippen LogP contribution in [0.2, 0.25) is 5.02 Å². The summed E-state index contributed by atoms with van der Waals surface area (Å²) in [5.74, 6) is -1.23. The van der Waals surface area contributed by atoms with Gasteiger partial charge in [0.25, 0.3) is 0 Å². The fourth-order valence-corrected chi connectivity index (χ4v) is 3.02. The number of halogens is 1. The van der Waals surface area contributed by atoms with E-state index in [0.29, 0.717) is 47.8 Å². The molecule has 1 aliphatic rings. The molecule has 1 heterocycles. The van der Waals surface area contributed by atoms with Gasteiger partial charge in [0.15, 0.2) is 0 Å². The van der Waals surface area contributed by atoms with Crippen LogP contribution in [0.25, 0.3) is 10.9 Å². The van der Waals surface area contributed by atoms with Crippen LogP contribution in [0.4, 0.5) is 5.69 Å². The predicted molar refractivity (Wildman–Crippen MR) is 98.0 cm³/mol. The number of hydrogen-bond acceptors (Lipinski definition) is 5. The lowest BCUT2D eigenvalue weighted by Gasteiger charge is -2.15. The number of nitrogens with zero attached hydrogens (tertiary/aromatic N) is 2. The average Bonchev–Trinajstić information content (AvgIpc) is 3.43. The number of carboxylic acid groups (broad SMARTS) is 1. The molecule has 7 nitrogen and oxygen atoms in total. The topological polar surface area (TPSA) is 104 Å². The highest BCUT2D eigenvalue weighted by atomic mass is 35.5. The molecule has 0 radical (unpaired) electrons. The molecular formula is C18H18ClN3O4. The lowest BCUT2D eigenvalue weighted by atomic mass is 10.1. The second-order valence-corrected chi connectivity index (χ2v) is 6.52. The van der Waals surface area contributed by atoms with Gasteiger partial charge in [0.05, 0.1) is 41.9 Å². The molecule has 2 N–H and O–H groups in total. The first-order valence-electron chi connectivity index (χ1n) is 8.33. The van der Waals surface area contributed by atoms with E-state index in [1.165, 1.54) is 6.20 Å². The summed E-state index contributed by atoms with van der Waals surface area (Å²) in [5, 5.41) is 21.6. The Bertz CT molecular complexity index is 944. The number of rotatable bonds is 8. The highest BCUT2D eigenvalue weighted by Gasteiger charge is 2.27. The number of pyridine rings is 1. The van der Waals surface area contributed by atoms with Gasteiger partial charge < -0.3 is 19.7 Å². The Morgan fingerprint density at radius 3 is 2.85 bits per heavy atom. The molecule has 1 aromatic heterocycles. The Hall–Kier alpha value is -2.56. The quantitative estimate of drug-likeness (QED) is 0.687. The van der Waals surface area contributed by atoms with E-state index in [9.17, 15) is 14.7 Å². The van der Waals surface area contributed by atoms with Crippen LogP contribution in [0.1, 0.15) is 35.7 Å². The minimum Gasteiger partial charge on any atom is -0.477 e. The van der Waals surface area contributed by atoms with Gasteiger partial charge in [-0.1, -0.05) is 11.6 Å². The van der Waals surface area contributed by atoms with Crippen LogP contribution in [0.15, 0.2) is 23.1 Å². The monoisotopic (exact) mass is 375 g/mol. The van der Waals surface area contributed by atoms with Gasteiger partial charge in [-0.3, -0.25) is 4.79 Å². The van der Waals surface area contributed by atoms with Gasteiger partial charge in [0.1, 0.15) is 5.56 Å². The number of carbonyl (C=O) groups is 1. The highest BCUT2D eigenvalue weighted by molar-refractivity contribution is 6.34. The number of hydrogen-bond donors (Lipinski definition) is 2. The molecule has 1 fully saturated rings. The van der Waals surface area contributed by atoms with Gasteiger partial charge >= 0.3 is 5.97 Å². The van der Waals surface area contributed by atoms with Crippen LogP contribution in [0.3, 0.4) is 0 Å². The Morgan fingerprint density at radius 1 is 1.42 bits per heavy atom. The summed E-state index contributed by atoms with van der Waals surface area (Å²) in [5.41, 5.74) is 0.431. The summed E-state index contributed by atoms with van der Waals surface area (Å²) >= 11 is 6.34. The van der Waals surface area contributed by atoms with Crippen LogP contribution in [-0.4, -0.2) is 35.4 Å². The SMILES string of the molecule is N#CCCOCCNc1cc2c(=O)c(C(=O)O)cn(C3CC3)c2cc1Cl. The van der Waals surface area contributed by atoms with E-state index in [1.54, 1.807) is 12.1 Å². The maximum Gasteiger partial charge on any atom is 0.341 e. The van der Waals surface area contributed by atoms with Crippen LogP contribution in [0, 0.1) is 11.3 Å². The summed E-state index contributed by atoms with van der Waals surface area (Å²) in [6.07, 6.45) is 3.65. The number of anilines is 1. The van der Waals surface area contributed by atoms with Gasteiger partial charge in [-0.2, -0.15) is 5.26 Å². The molecule has 1 saturated carbocycles. The summed E-state index contributed by atoms with van der Waals surface area (Å²) in [6.45, 7) is 1.20. The van der Waals surface area contributed by atoms with Crippen LogP contribution >= 0.6 is 11.6 Å². The van der Waals surface area contributed by atoms with E-state index in [0.717, 1.165) is 12.8 Å². The van der Waals surface area contributed by atoms with Crippen molar-refractivity contribution in [1.82, 2.24) is 4.57 Å². The molecule has 0 aliphatic heterocycles. The van der Waals surface area contributed by atoms with E-state index < -0.39 is 11.4 Å². The van der Waals surface area contributed by atoms with Gasteiger partial charge in [0.2, 0.25) is 5.43 Å².